The van der Waals surface area contributed by atoms with Crippen LogP contribution in [0.1, 0.15) is 50.7 Å². The van der Waals surface area contributed by atoms with Gasteiger partial charge in [0.05, 0.1) is 15.6 Å². The maximum atomic E-state index is 13.7. The standard InChI is InChI=1S/C47H53Cl2N11O4/c1-31(43-38(48)26-50-27-39(43)49)64-36-7-8-40-37(24-36)44(54-53-40)33-2-9-41(51-25-33)59-29-47(30-59)13-18-58(19-14-47)46(63)57-15-10-32(11-16-57)28-55-20-22-56(23-21-55)34-3-5-35(6-4-34)60-17-12-42(61)52-45(60)62/h2-9,24-27,31-32H,10-23,28-30H2,1H3,(H,53,54)(H,52,61,62)/t31-/m1/s1. The van der Waals surface area contributed by atoms with Crippen LogP contribution in [0.25, 0.3) is 22.2 Å². The fourth-order valence-corrected chi connectivity index (χ4v) is 10.9. The molecule has 0 saturated carbocycles. The Morgan fingerprint density at radius 1 is 0.828 bits per heavy atom. The van der Waals surface area contributed by atoms with Crippen molar-refractivity contribution in [3.63, 3.8) is 0 Å². The first-order chi connectivity index (χ1) is 31.1. The summed E-state index contributed by atoms with van der Waals surface area (Å²) in [6.45, 7) is 12.5. The van der Waals surface area contributed by atoms with Crippen molar-refractivity contribution in [2.45, 2.75) is 45.1 Å². The van der Waals surface area contributed by atoms with E-state index in [9.17, 15) is 14.4 Å². The van der Waals surface area contributed by atoms with Crippen LogP contribution in [-0.4, -0.2) is 131 Å². The number of carbonyl (C=O) groups is 3. The molecule has 64 heavy (non-hydrogen) atoms. The largest absolute Gasteiger partial charge is 0.486 e. The number of fused-ring (bicyclic) bond motifs is 1. The predicted octanol–water partition coefficient (Wildman–Crippen LogP) is 7.47. The molecule has 15 nitrogen and oxygen atoms in total. The lowest BCUT2D eigenvalue weighted by atomic mass is 9.72. The number of aromatic amines is 1. The Kier molecular flexibility index (Phi) is 11.7. The first kappa shape index (κ1) is 42.3. The highest BCUT2D eigenvalue weighted by Crippen LogP contribution is 2.43. The molecule has 5 aliphatic heterocycles. The van der Waals surface area contributed by atoms with Crippen LogP contribution in [-0.2, 0) is 4.79 Å². The van der Waals surface area contributed by atoms with E-state index in [2.05, 4.69) is 69.3 Å². The van der Waals surface area contributed by atoms with Crippen LogP contribution in [0.15, 0.2) is 73.2 Å². The number of halogens is 2. The lowest BCUT2D eigenvalue weighted by molar-refractivity contribution is -0.120. The Hall–Kier alpha value is -5.64. The Morgan fingerprint density at radius 3 is 2.22 bits per heavy atom. The third kappa shape index (κ3) is 8.64. The fraction of sp³-hybridized carbons (Fsp3) is 0.447. The maximum absolute atomic E-state index is 13.7. The Balaban J connectivity index is 0.651. The average molecular weight is 907 g/mol. The van der Waals surface area contributed by atoms with Crippen molar-refractivity contribution in [3.8, 4) is 17.0 Å². The number of hydrogen-bond acceptors (Lipinski definition) is 10. The molecular weight excluding hydrogens is 853 g/mol. The smallest absolute Gasteiger partial charge is 0.328 e. The summed E-state index contributed by atoms with van der Waals surface area (Å²) in [5, 5.41) is 12.0. The summed E-state index contributed by atoms with van der Waals surface area (Å²) >= 11 is 12.8. The van der Waals surface area contributed by atoms with Crippen LogP contribution in [0.3, 0.4) is 0 Å². The van der Waals surface area contributed by atoms with Gasteiger partial charge >= 0.3 is 12.1 Å². The molecule has 5 amide bonds. The first-order valence-corrected chi connectivity index (χ1v) is 23.2. The molecule has 0 radical (unpaired) electrons. The molecule has 334 valence electrons. The van der Waals surface area contributed by atoms with Gasteiger partial charge in [0.1, 0.15) is 23.4 Å². The van der Waals surface area contributed by atoms with Gasteiger partial charge in [-0.3, -0.25) is 30.0 Å². The van der Waals surface area contributed by atoms with Crippen LogP contribution >= 0.6 is 23.2 Å². The summed E-state index contributed by atoms with van der Waals surface area (Å²) in [7, 11) is 0. The molecule has 2 aromatic carbocycles. The summed E-state index contributed by atoms with van der Waals surface area (Å²) in [4.78, 5) is 59.5. The number of benzene rings is 2. The topological polar surface area (TPSA) is 146 Å². The quantitative estimate of drug-likeness (QED) is 0.153. The third-order valence-electron chi connectivity index (χ3n) is 14.0. The number of piperazine rings is 1. The number of H-pyrrole nitrogens is 1. The Bertz CT molecular complexity index is 2490. The molecule has 5 fully saturated rings. The van der Waals surface area contributed by atoms with E-state index in [0.29, 0.717) is 40.2 Å². The molecule has 10 rings (SSSR count). The molecule has 5 aromatic rings. The zero-order valence-corrected chi connectivity index (χ0v) is 37.5. The number of imide groups is 1. The minimum atomic E-state index is -0.382. The van der Waals surface area contributed by atoms with Crippen molar-refractivity contribution >= 4 is 69.3 Å². The van der Waals surface area contributed by atoms with E-state index in [4.69, 9.17) is 32.9 Å². The summed E-state index contributed by atoms with van der Waals surface area (Å²) in [5.41, 5.74) is 5.49. The second kappa shape index (κ2) is 17.7. The second-order valence-electron chi connectivity index (χ2n) is 18.1. The van der Waals surface area contributed by atoms with Crippen molar-refractivity contribution < 1.29 is 19.1 Å². The second-order valence-corrected chi connectivity index (χ2v) is 18.9. The molecular formula is C47H53Cl2N11O4. The molecule has 5 aliphatic rings. The Labute approximate surface area is 382 Å². The number of carbonyl (C=O) groups excluding carboxylic acids is 3. The van der Waals surface area contributed by atoms with Gasteiger partial charge in [0.15, 0.2) is 0 Å². The summed E-state index contributed by atoms with van der Waals surface area (Å²) in [6.07, 6.45) is 9.08. The van der Waals surface area contributed by atoms with E-state index < -0.39 is 0 Å². The number of urea groups is 2. The number of piperidine rings is 2. The van der Waals surface area contributed by atoms with Gasteiger partial charge in [0, 0.05) is 137 Å². The molecule has 3 aromatic heterocycles. The SMILES string of the molecule is C[C@@H](Oc1ccc2[nH]nc(-c3ccc(N4CC5(CCN(C(=O)N6CCC(CN7CCN(c8ccc(N9CCC(=O)NC9=O)cc8)CC7)CC6)CC5)C4)nc3)c2c1)c1c(Cl)cncc1Cl. The van der Waals surface area contributed by atoms with Gasteiger partial charge in [-0.2, -0.15) is 5.10 Å². The van der Waals surface area contributed by atoms with E-state index in [0.717, 1.165) is 137 Å². The summed E-state index contributed by atoms with van der Waals surface area (Å²) in [5.74, 6) is 2.01. The molecule has 1 atom stereocenters. The number of aromatic nitrogens is 4. The van der Waals surface area contributed by atoms with Gasteiger partial charge in [0.25, 0.3) is 0 Å². The first-order valence-electron chi connectivity index (χ1n) is 22.5. The highest BCUT2D eigenvalue weighted by Gasteiger charge is 2.46. The number of ether oxygens (including phenoxy) is 1. The zero-order chi connectivity index (χ0) is 44.0. The highest BCUT2D eigenvalue weighted by molar-refractivity contribution is 6.35. The Morgan fingerprint density at radius 2 is 1.53 bits per heavy atom. The van der Waals surface area contributed by atoms with E-state index in [1.54, 1.807) is 17.3 Å². The number of rotatable bonds is 9. The highest BCUT2D eigenvalue weighted by atomic mass is 35.5. The van der Waals surface area contributed by atoms with Crippen LogP contribution in [0, 0.1) is 11.3 Å². The fourth-order valence-electron chi connectivity index (χ4n) is 10.2. The minimum Gasteiger partial charge on any atom is -0.486 e. The van der Waals surface area contributed by atoms with Crippen molar-refractivity contribution in [2.24, 2.45) is 11.3 Å². The number of pyridine rings is 2. The normalized spacial score (nSPS) is 20.1. The predicted molar refractivity (Wildman–Crippen MR) is 248 cm³/mol. The summed E-state index contributed by atoms with van der Waals surface area (Å²) in [6, 6.07) is 17.9. The molecule has 5 saturated heterocycles. The van der Waals surface area contributed by atoms with E-state index >= 15 is 0 Å². The van der Waals surface area contributed by atoms with Gasteiger partial charge in [0.2, 0.25) is 5.91 Å². The molecule has 2 N–H and O–H groups in total. The van der Waals surface area contributed by atoms with E-state index in [1.165, 1.54) is 0 Å². The monoisotopic (exact) mass is 905 g/mol. The number of anilines is 3. The van der Waals surface area contributed by atoms with Gasteiger partial charge in [-0.25, -0.2) is 14.6 Å². The van der Waals surface area contributed by atoms with Gasteiger partial charge in [-0.1, -0.05) is 23.2 Å². The van der Waals surface area contributed by atoms with Gasteiger partial charge in [-0.05, 0) is 93.1 Å². The molecule has 1 spiro atoms. The number of hydrogen-bond donors (Lipinski definition) is 2. The minimum absolute atomic E-state index is 0.206. The third-order valence-corrected chi connectivity index (χ3v) is 14.6. The molecule has 0 unspecified atom stereocenters. The molecule has 8 heterocycles. The van der Waals surface area contributed by atoms with Gasteiger partial charge < -0.3 is 24.3 Å². The molecule has 0 aliphatic carbocycles. The van der Waals surface area contributed by atoms with Crippen molar-refractivity contribution in [1.29, 1.82) is 0 Å². The van der Waals surface area contributed by atoms with Crippen LogP contribution in [0.4, 0.5) is 26.8 Å². The zero-order valence-electron chi connectivity index (χ0n) is 36.0. The molecule has 0 bridgehead atoms. The lowest BCUT2D eigenvalue weighted by Gasteiger charge is -2.54. The number of nitrogens with zero attached hydrogens (tertiary/aromatic N) is 9. The van der Waals surface area contributed by atoms with E-state index in [1.807, 2.05) is 43.5 Å². The van der Waals surface area contributed by atoms with E-state index in [-0.39, 0.29) is 29.5 Å². The average Bonchev–Trinajstić information content (AvgIpc) is 3.72. The van der Waals surface area contributed by atoms with Crippen molar-refractivity contribution in [3.05, 3.63) is 88.8 Å². The van der Waals surface area contributed by atoms with Crippen LogP contribution in [0.2, 0.25) is 10.0 Å². The number of likely N-dealkylation sites (tertiary alicyclic amines) is 2. The van der Waals surface area contributed by atoms with Crippen LogP contribution in [0.5, 0.6) is 5.75 Å². The van der Waals surface area contributed by atoms with Gasteiger partial charge in [-0.15, -0.1) is 0 Å². The van der Waals surface area contributed by atoms with Crippen molar-refractivity contribution in [2.75, 3.05) is 93.2 Å². The number of amides is 5. The van der Waals surface area contributed by atoms with Crippen molar-refractivity contribution in [1.82, 2.24) is 40.2 Å². The lowest BCUT2D eigenvalue weighted by Crippen LogP contribution is -2.62. The van der Waals surface area contributed by atoms with Crippen LogP contribution < -0.4 is 24.8 Å². The molecule has 17 heteroatoms. The maximum Gasteiger partial charge on any atom is 0.328 e. The number of nitrogens with one attached hydrogen (secondary N) is 2. The summed E-state index contributed by atoms with van der Waals surface area (Å²) < 4.78 is 6.27.